The van der Waals surface area contributed by atoms with E-state index in [2.05, 4.69) is 0 Å². The molecule has 20 heavy (non-hydrogen) atoms. The van der Waals surface area contributed by atoms with Crippen LogP contribution in [0.15, 0.2) is 58.1 Å². The largest absolute Gasteiger partial charge is 0.481 e. The lowest BCUT2D eigenvalue weighted by Crippen LogP contribution is -2.08. The van der Waals surface area contributed by atoms with Crippen LogP contribution < -0.4 is 10.2 Å². The lowest BCUT2D eigenvalue weighted by Gasteiger charge is -2.08. The molecule has 0 fully saturated rings. The predicted octanol–water partition coefficient (Wildman–Crippen LogP) is 2.75. The first kappa shape index (κ1) is 13.9. The van der Waals surface area contributed by atoms with Gasteiger partial charge in [-0.3, -0.25) is 4.79 Å². The van der Waals surface area contributed by atoms with E-state index in [-0.39, 0.29) is 11.2 Å². The lowest BCUT2D eigenvalue weighted by molar-refractivity contribution is 0.290. The molecule has 0 radical (unpaired) electrons. The third-order valence-corrected chi connectivity index (χ3v) is 2.61. The van der Waals surface area contributed by atoms with Crippen molar-refractivity contribution in [3.05, 3.63) is 70.4 Å². The maximum Gasteiger partial charge on any atom is 0.227 e. The second-order valence-electron chi connectivity index (χ2n) is 4.53. The molecule has 0 aliphatic heterocycles. The smallest absolute Gasteiger partial charge is 0.227 e. The second-order valence-corrected chi connectivity index (χ2v) is 4.53. The summed E-state index contributed by atoms with van der Waals surface area (Å²) < 4.78 is 10.9. The van der Waals surface area contributed by atoms with Gasteiger partial charge in [0.05, 0.1) is 6.26 Å². The van der Waals surface area contributed by atoms with E-state index in [1.54, 1.807) is 12.3 Å². The molecule has 0 atom stereocenters. The molecule has 0 amide bonds. The zero-order valence-corrected chi connectivity index (χ0v) is 11.6. The molecule has 0 saturated carbocycles. The monoisotopic (exact) mass is 271 g/mol. The van der Waals surface area contributed by atoms with Gasteiger partial charge in [0.2, 0.25) is 11.2 Å². The minimum Gasteiger partial charge on any atom is -0.481 e. The molecule has 2 rings (SSSR count). The van der Waals surface area contributed by atoms with Gasteiger partial charge in [0.15, 0.2) is 5.76 Å². The second kappa shape index (κ2) is 6.61. The minimum atomic E-state index is -0.189. The fourth-order valence-electron chi connectivity index (χ4n) is 1.62. The Morgan fingerprint density at radius 3 is 2.65 bits per heavy atom. The molecular weight excluding hydrogens is 254 g/mol. The highest BCUT2D eigenvalue weighted by atomic mass is 16.5. The van der Waals surface area contributed by atoms with Crippen molar-refractivity contribution >= 4 is 6.08 Å². The molecular formula is C16H17NO3. The average molecular weight is 271 g/mol. The van der Waals surface area contributed by atoms with Crippen molar-refractivity contribution in [3.63, 3.8) is 0 Å². The van der Waals surface area contributed by atoms with Crippen molar-refractivity contribution in [2.75, 3.05) is 14.1 Å². The molecule has 0 spiro atoms. The Kier molecular flexibility index (Phi) is 4.60. The van der Waals surface area contributed by atoms with Gasteiger partial charge in [0.1, 0.15) is 6.61 Å². The SMILES string of the molecule is CN(C)/C=C/c1occc(=O)c1OCc1ccccc1. The molecule has 0 bridgehead atoms. The van der Waals surface area contributed by atoms with Gasteiger partial charge in [-0.05, 0) is 5.56 Å². The van der Waals surface area contributed by atoms with Crippen molar-refractivity contribution in [2.45, 2.75) is 6.61 Å². The highest BCUT2D eigenvalue weighted by Gasteiger charge is 2.08. The molecule has 0 aliphatic carbocycles. The van der Waals surface area contributed by atoms with Crippen LogP contribution in [0.25, 0.3) is 6.08 Å². The average Bonchev–Trinajstić information content (AvgIpc) is 2.45. The van der Waals surface area contributed by atoms with Gasteiger partial charge in [-0.15, -0.1) is 0 Å². The van der Waals surface area contributed by atoms with E-state index in [4.69, 9.17) is 9.15 Å². The van der Waals surface area contributed by atoms with Crippen LogP contribution in [0.1, 0.15) is 11.3 Å². The molecule has 0 aliphatic rings. The molecule has 0 N–H and O–H groups in total. The Balaban J connectivity index is 2.20. The molecule has 0 saturated heterocycles. The Labute approximate surface area is 117 Å². The normalized spacial score (nSPS) is 10.7. The van der Waals surface area contributed by atoms with E-state index in [9.17, 15) is 4.79 Å². The number of hydrogen-bond acceptors (Lipinski definition) is 4. The van der Waals surface area contributed by atoms with Crippen LogP contribution in [0.4, 0.5) is 0 Å². The highest BCUT2D eigenvalue weighted by Crippen LogP contribution is 2.16. The molecule has 1 heterocycles. The van der Waals surface area contributed by atoms with E-state index in [0.717, 1.165) is 5.56 Å². The first-order valence-corrected chi connectivity index (χ1v) is 6.30. The summed E-state index contributed by atoms with van der Waals surface area (Å²) in [5.74, 6) is 0.650. The summed E-state index contributed by atoms with van der Waals surface area (Å²) >= 11 is 0. The molecule has 0 unspecified atom stereocenters. The van der Waals surface area contributed by atoms with Gasteiger partial charge in [-0.25, -0.2) is 0 Å². The van der Waals surface area contributed by atoms with E-state index < -0.39 is 0 Å². The standard InChI is InChI=1S/C16H17NO3/c1-17(2)10-8-15-16(14(18)9-11-19-15)20-12-13-6-4-3-5-7-13/h3-11H,12H2,1-2H3/b10-8+. The maximum absolute atomic E-state index is 11.9. The summed E-state index contributed by atoms with van der Waals surface area (Å²) in [6.07, 6.45) is 4.88. The van der Waals surface area contributed by atoms with Gasteiger partial charge in [-0.1, -0.05) is 30.3 Å². The van der Waals surface area contributed by atoms with Crippen LogP contribution >= 0.6 is 0 Å². The number of ether oxygens (including phenoxy) is 1. The fraction of sp³-hybridized carbons (Fsp3) is 0.188. The van der Waals surface area contributed by atoms with E-state index in [1.807, 2.05) is 49.3 Å². The minimum absolute atomic E-state index is 0.189. The van der Waals surface area contributed by atoms with Crippen molar-refractivity contribution in [1.29, 1.82) is 0 Å². The van der Waals surface area contributed by atoms with Crippen LogP contribution in [0.2, 0.25) is 0 Å². The van der Waals surface area contributed by atoms with E-state index >= 15 is 0 Å². The molecule has 4 heteroatoms. The van der Waals surface area contributed by atoms with Crippen LogP contribution in [0, 0.1) is 0 Å². The molecule has 1 aromatic carbocycles. The van der Waals surface area contributed by atoms with Gasteiger partial charge in [0.25, 0.3) is 0 Å². The zero-order valence-electron chi connectivity index (χ0n) is 11.6. The molecule has 2 aromatic rings. The van der Waals surface area contributed by atoms with Crippen LogP contribution in [0.5, 0.6) is 5.75 Å². The van der Waals surface area contributed by atoms with Crippen molar-refractivity contribution in [1.82, 2.24) is 4.90 Å². The number of hydrogen-bond donors (Lipinski definition) is 0. The van der Waals surface area contributed by atoms with Crippen molar-refractivity contribution in [2.24, 2.45) is 0 Å². The maximum atomic E-state index is 11.9. The van der Waals surface area contributed by atoms with Crippen molar-refractivity contribution in [3.8, 4) is 5.75 Å². The van der Waals surface area contributed by atoms with Gasteiger partial charge >= 0.3 is 0 Å². The summed E-state index contributed by atoms with van der Waals surface area (Å²) in [5, 5.41) is 0. The first-order valence-electron chi connectivity index (χ1n) is 6.30. The number of rotatable bonds is 5. The van der Waals surface area contributed by atoms with E-state index in [0.29, 0.717) is 12.4 Å². The summed E-state index contributed by atoms with van der Waals surface area (Å²) in [7, 11) is 3.78. The van der Waals surface area contributed by atoms with Gasteiger partial charge in [-0.2, -0.15) is 0 Å². The van der Waals surface area contributed by atoms with Crippen molar-refractivity contribution < 1.29 is 9.15 Å². The third-order valence-electron chi connectivity index (χ3n) is 2.61. The molecule has 4 nitrogen and oxygen atoms in total. The zero-order chi connectivity index (χ0) is 14.4. The summed E-state index contributed by atoms with van der Waals surface area (Å²) in [5.41, 5.74) is 0.809. The Morgan fingerprint density at radius 2 is 1.95 bits per heavy atom. The van der Waals surface area contributed by atoms with Gasteiger partial charge < -0.3 is 14.1 Å². The van der Waals surface area contributed by atoms with E-state index in [1.165, 1.54) is 12.3 Å². The Hall–Kier alpha value is -2.49. The third kappa shape index (κ3) is 3.75. The Morgan fingerprint density at radius 1 is 1.20 bits per heavy atom. The summed E-state index contributed by atoms with van der Waals surface area (Å²) in [4.78, 5) is 13.7. The fourth-order valence-corrected chi connectivity index (χ4v) is 1.62. The topological polar surface area (TPSA) is 42.7 Å². The quantitative estimate of drug-likeness (QED) is 0.838. The summed E-state index contributed by atoms with van der Waals surface area (Å²) in [6.45, 7) is 0.332. The molecule has 104 valence electrons. The first-order chi connectivity index (χ1) is 9.66. The van der Waals surface area contributed by atoms with Gasteiger partial charge in [0, 0.05) is 32.4 Å². The van der Waals surface area contributed by atoms with Crippen LogP contribution in [-0.4, -0.2) is 19.0 Å². The lowest BCUT2D eigenvalue weighted by atomic mass is 10.2. The number of benzene rings is 1. The summed E-state index contributed by atoms with van der Waals surface area (Å²) in [6, 6.07) is 11.0. The predicted molar refractivity (Wildman–Crippen MR) is 78.5 cm³/mol. The highest BCUT2D eigenvalue weighted by molar-refractivity contribution is 5.50. The van der Waals surface area contributed by atoms with Crippen LogP contribution in [0.3, 0.4) is 0 Å². The van der Waals surface area contributed by atoms with Crippen LogP contribution in [-0.2, 0) is 6.61 Å². The Bertz CT molecular complexity index is 630. The molecule has 1 aromatic heterocycles. The number of nitrogens with zero attached hydrogens (tertiary/aromatic N) is 1.